The van der Waals surface area contributed by atoms with Gasteiger partial charge in [-0.05, 0) is 12.8 Å². The summed E-state index contributed by atoms with van der Waals surface area (Å²) in [6.07, 6.45) is 32.7. The predicted molar refractivity (Wildman–Crippen MR) is 178 cm³/mol. The molecule has 0 aromatic heterocycles. The van der Waals surface area contributed by atoms with E-state index in [0.29, 0.717) is 13.0 Å². The van der Waals surface area contributed by atoms with E-state index in [1.165, 1.54) is 141 Å². The molecule has 0 aromatic carbocycles. The summed E-state index contributed by atoms with van der Waals surface area (Å²) in [5.74, 6) is 0. The van der Waals surface area contributed by atoms with Crippen molar-refractivity contribution in [3.05, 3.63) is 0 Å². The maximum absolute atomic E-state index is 10.5. The average molecular weight is 586 g/mol. The van der Waals surface area contributed by atoms with Crippen molar-refractivity contribution >= 4 is 0 Å². The molecule has 1 unspecified atom stereocenters. The first-order chi connectivity index (χ1) is 20.1. The topological polar surface area (TPSA) is 93.0 Å². The van der Waals surface area contributed by atoms with Crippen LogP contribution in [0.1, 0.15) is 194 Å². The molecule has 0 amide bonds. The van der Waals surface area contributed by atoms with Gasteiger partial charge in [0.15, 0.2) is 0 Å². The minimum absolute atomic E-state index is 0.248. The highest BCUT2D eigenvalue weighted by Crippen LogP contribution is 2.16. The molecule has 0 aromatic rings. The zero-order valence-corrected chi connectivity index (χ0v) is 27.8. The summed E-state index contributed by atoms with van der Waals surface area (Å²) in [6.45, 7) is 4.62. The number of hydrogen-bond donors (Lipinski definition) is 5. The van der Waals surface area contributed by atoms with E-state index in [4.69, 9.17) is 0 Å². The van der Waals surface area contributed by atoms with Gasteiger partial charge in [-0.25, -0.2) is 0 Å². The Morgan fingerprint density at radius 1 is 0.439 bits per heavy atom. The van der Waals surface area contributed by atoms with E-state index in [1.54, 1.807) is 0 Å². The van der Waals surface area contributed by atoms with Gasteiger partial charge in [-0.15, -0.1) is 0 Å². The Kier molecular flexibility index (Phi) is 32.5. The van der Waals surface area contributed by atoms with Crippen molar-refractivity contribution in [3.63, 3.8) is 0 Å². The minimum Gasteiger partial charge on any atom is -0.395 e. The Labute approximate surface area is 256 Å². The average Bonchev–Trinajstić information content (AvgIpc) is 2.97. The molecular formula is C36H75NO4. The lowest BCUT2D eigenvalue weighted by molar-refractivity contribution is -0.0236. The van der Waals surface area contributed by atoms with Crippen LogP contribution in [0.25, 0.3) is 0 Å². The van der Waals surface area contributed by atoms with Crippen LogP contribution < -0.4 is 5.32 Å². The molecule has 41 heavy (non-hydrogen) atoms. The molecule has 4 atom stereocenters. The van der Waals surface area contributed by atoms with Crippen molar-refractivity contribution in [3.8, 4) is 0 Å². The fourth-order valence-corrected chi connectivity index (χ4v) is 5.89. The number of aliphatic hydroxyl groups is 4. The number of aliphatic hydroxyl groups excluding tert-OH is 4. The highest BCUT2D eigenvalue weighted by molar-refractivity contribution is 4.82. The summed E-state index contributed by atoms with van der Waals surface area (Å²) in [6, 6.07) is -0.603. The molecule has 0 spiro atoms. The van der Waals surface area contributed by atoms with E-state index in [1.807, 2.05) is 0 Å². The molecule has 0 fully saturated rings. The third-order valence-corrected chi connectivity index (χ3v) is 8.86. The van der Waals surface area contributed by atoms with Crippen molar-refractivity contribution in [2.45, 2.75) is 218 Å². The molecule has 5 N–H and O–H groups in total. The van der Waals surface area contributed by atoms with Crippen LogP contribution in [-0.4, -0.2) is 57.9 Å². The molecule has 0 aliphatic carbocycles. The molecule has 0 saturated heterocycles. The first-order valence-corrected chi connectivity index (χ1v) is 18.4. The molecular weight excluding hydrogens is 510 g/mol. The lowest BCUT2D eigenvalue weighted by atomic mass is 9.99. The Morgan fingerprint density at radius 2 is 0.756 bits per heavy atom. The van der Waals surface area contributed by atoms with E-state index >= 15 is 0 Å². The van der Waals surface area contributed by atoms with Crippen LogP contribution in [0.2, 0.25) is 0 Å². The molecule has 5 heteroatoms. The zero-order chi connectivity index (χ0) is 30.2. The monoisotopic (exact) mass is 586 g/mol. The maximum Gasteiger partial charge on any atom is 0.0973 e. The number of unbranched alkanes of at least 4 members (excludes halogenated alkanes) is 24. The Bertz CT molecular complexity index is 492. The van der Waals surface area contributed by atoms with Crippen molar-refractivity contribution in [1.82, 2.24) is 5.32 Å². The van der Waals surface area contributed by atoms with Crippen molar-refractivity contribution < 1.29 is 20.4 Å². The molecule has 5 nitrogen and oxygen atoms in total. The van der Waals surface area contributed by atoms with E-state index in [9.17, 15) is 20.4 Å². The van der Waals surface area contributed by atoms with E-state index in [2.05, 4.69) is 19.2 Å². The standard InChI is InChI=1S/C36H75NO4/c1-3-5-7-9-11-13-15-17-18-19-21-23-25-27-29-33(39)31-37-34(32-38)36(41)35(40)30-28-26-24-22-20-16-14-12-10-8-6-4-2/h33-41H,3-32H2,1-2H3/t33?,34-,35+,36-/m0/s1. The molecule has 0 bridgehead atoms. The Balaban J connectivity index is 3.65. The van der Waals surface area contributed by atoms with Crippen LogP contribution in [0.15, 0.2) is 0 Å². The van der Waals surface area contributed by atoms with Gasteiger partial charge in [0.2, 0.25) is 0 Å². The second kappa shape index (κ2) is 32.7. The Hall–Kier alpha value is -0.200. The van der Waals surface area contributed by atoms with Crippen LogP contribution in [-0.2, 0) is 0 Å². The fourth-order valence-electron chi connectivity index (χ4n) is 5.89. The van der Waals surface area contributed by atoms with Gasteiger partial charge >= 0.3 is 0 Å². The highest BCUT2D eigenvalue weighted by Gasteiger charge is 2.25. The second-order valence-electron chi connectivity index (χ2n) is 13.0. The Morgan fingerprint density at radius 3 is 1.10 bits per heavy atom. The SMILES string of the molecule is CCCCCCCCCCCCCCCCC(O)CN[C@@H](CO)[C@H](O)[C@H](O)CCCCCCCCCCCCCC. The molecule has 0 radical (unpaired) electrons. The van der Waals surface area contributed by atoms with Crippen molar-refractivity contribution in [2.75, 3.05) is 13.2 Å². The van der Waals surface area contributed by atoms with E-state index in [-0.39, 0.29) is 6.61 Å². The van der Waals surface area contributed by atoms with Gasteiger partial charge in [0.25, 0.3) is 0 Å². The first kappa shape index (κ1) is 40.8. The largest absolute Gasteiger partial charge is 0.395 e. The number of nitrogens with one attached hydrogen (secondary N) is 1. The van der Waals surface area contributed by atoms with Gasteiger partial charge in [0.05, 0.1) is 31.0 Å². The molecule has 0 saturated carbocycles. The zero-order valence-electron chi connectivity index (χ0n) is 27.8. The minimum atomic E-state index is -1.01. The molecule has 0 rings (SSSR count). The van der Waals surface area contributed by atoms with E-state index < -0.39 is 24.4 Å². The van der Waals surface area contributed by atoms with Gasteiger partial charge in [-0.1, -0.05) is 181 Å². The lowest BCUT2D eigenvalue weighted by Crippen LogP contribution is -2.50. The second-order valence-corrected chi connectivity index (χ2v) is 13.0. The summed E-state index contributed by atoms with van der Waals surface area (Å²) >= 11 is 0. The summed E-state index contributed by atoms with van der Waals surface area (Å²) in [4.78, 5) is 0. The van der Waals surface area contributed by atoms with Gasteiger partial charge in [0, 0.05) is 6.54 Å². The molecule has 0 aliphatic heterocycles. The predicted octanol–water partition coefficient (Wildman–Crippen LogP) is 8.98. The smallest absolute Gasteiger partial charge is 0.0973 e. The normalized spacial score (nSPS) is 14.8. The van der Waals surface area contributed by atoms with Gasteiger partial charge in [-0.2, -0.15) is 0 Å². The third-order valence-electron chi connectivity index (χ3n) is 8.86. The molecule has 248 valence electrons. The van der Waals surface area contributed by atoms with Gasteiger partial charge in [-0.3, -0.25) is 0 Å². The van der Waals surface area contributed by atoms with E-state index in [0.717, 1.165) is 32.1 Å². The van der Waals surface area contributed by atoms with Crippen LogP contribution in [0.3, 0.4) is 0 Å². The number of rotatable bonds is 34. The summed E-state index contributed by atoms with van der Waals surface area (Å²) in [7, 11) is 0. The van der Waals surface area contributed by atoms with Crippen LogP contribution >= 0.6 is 0 Å². The van der Waals surface area contributed by atoms with Crippen LogP contribution in [0.4, 0.5) is 0 Å². The lowest BCUT2D eigenvalue weighted by Gasteiger charge is -2.27. The third kappa shape index (κ3) is 28.3. The number of hydrogen-bond acceptors (Lipinski definition) is 5. The summed E-state index contributed by atoms with van der Waals surface area (Å²) < 4.78 is 0. The summed E-state index contributed by atoms with van der Waals surface area (Å²) in [5, 5.41) is 44.1. The molecule has 0 aliphatic rings. The van der Waals surface area contributed by atoms with Gasteiger partial charge < -0.3 is 25.7 Å². The van der Waals surface area contributed by atoms with Gasteiger partial charge in [0.1, 0.15) is 0 Å². The highest BCUT2D eigenvalue weighted by atomic mass is 16.3. The first-order valence-electron chi connectivity index (χ1n) is 18.4. The van der Waals surface area contributed by atoms with Crippen LogP contribution in [0, 0.1) is 0 Å². The van der Waals surface area contributed by atoms with Crippen LogP contribution in [0.5, 0.6) is 0 Å². The summed E-state index contributed by atoms with van der Waals surface area (Å²) in [5.41, 5.74) is 0. The van der Waals surface area contributed by atoms with Crippen molar-refractivity contribution in [1.29, 1.82) is 0 Å². The van der Waals surface area contributed by atoms with Crippen molar-refractivity contribution in [2.24, 2.45) is 0 Å². The quantitative estimate of drug-likeness (QED) is 0.0486. The maximum atomic E-state index is 10.5. The molecule has 0 heterocycles. The fraction of sp³-hybridized carbons (Fsp3) is 1.00.